The number of rotatable bonds is 13. The number of unbranched alkanes of at least 4 members (excludes halogenated alkanes) is 4. The largest absolute Gasteiger partial charge is 0.494 e. The number of hydrogen-bond acceptors (Lipinski definition) is 4. The van der Waals surface area contributed by atoms with Crippen LogP contribution in [0, 0.1) is 6.92 Å². The molecule has 184 valence electrons. The van der Waals surface area contributed by atoms with Crippen molar-refractivity contribution in [2.75, 3.05) is 29.1 Å². The minimum absolute atomic E-state index is 0.142. The average molecular weight is 474 g/mol. The SMILES string of the molecule is CCCCCCCOc1ccc(NCC(=O)Nc2ccc(NC(=O)c3cccc(C)c3)cc2)cc1. The molecule has 0 atom stereocenters. The first kappa shape index (κ1) is 25.8. The summed E-state index contributed by atoms with van der Waals surface area (Å²) in [5, 5.41) is 8.84. The molecule has 3 N–H and O–H groups in total. The monoisotopic (exact) mass is 473 g/mol. The van der Waals surface area contributed by atoms with Gasteiger partial charge in [-0.25, -0.2) is 0 Å². The molecule has 2 amide bonds. The van der Waals surface area contributed by atoms with Crippen molar-refractivity contribution >= 4 is 28.9 Å². The lowest BCUT2D eigenvalue weighted by Crippen LogP contribution is -2.21. The van der Waals surface area contributed by atoms with E-state index in [0.29, 0.717) is 16.9 Å². The summed E-state index contributed by atoms with van der Waals surface area (Å²) in [4.78, 5) is 24.7. The van der Waals surface area contributed by atoms with Gasteiger partial charge in [-0.15, -0.1) is 0 Å². The Morgan fingerprint density at radius 3 is 2.11 bits per heavy atom. The third-order valence-electron chi connectivity index (χ3n) is 5.53. The highest BCUT2D eigenvalue weighted by atomic mass is 16.5. The summed E-state index contributed by atoms with van der Waals surface area (Å²) in [5.74, 6) is 0.511. The van der Waals surface area contributed by atoms with Gasteiger partial charge in [0.1, 0.15) is 5.75 Å². The molecule has 0 aromatic heterocycles. The number of amides is 2. The molecule has 0 aliphatic rings. The summed E-state index contributed by atoms with van der Waals surface area (Å²) in [6.07, 6.45) is 6.06. The molecule has 0 aliphatic heterocycles. The van der Waals surface area contributed by atoms with E-state index >= 15 is 0 Å². The molecule has 3 rings (SSSR count). The molecule has 6 heteroatoms. The standard InChI is InChI=1S/C29H35N3O3/c1-3-4-5-6-7-19-35-27-17-15-24(16-18-27)30-21-28(33)31-25-11-13-26(14-12-25)32-29(34)23-10-8-9-22(2)20-23/h8-18,20,30H,3-7,19,21H2,1-2H3,(H,31,33)(H,32,34). The molecule has 0 aliphatic carbocycles. The van der Waals surface area contributed by atoms with Gasteiger partial charge < -0.3 is 20.7 Å². The van der Waals surface area contributed by atoms with Crippen molar-refractivity contribution in [2.24, 2.45) is 0 Å². The number of ether oxygens (including phenoxy) is 1. The summed E-state index contributed by atoms with van der Waals surface area (Å²) >= 11 is 0. The van der Waals surface area contributed by atoms with Gasteiger partial charge in [0.15, 0.2) is 0 Å². The first-order valence-electron chi connectivity index (χ1n) is 12.3. The maximum atomic E-state index is 12.4. The lowest BCUT2D eigenvalue weighted by atomic mass is 10.1. The molecule has 0 saturated heterocycles. The van der Waals surface area contributed by atoms with Gasteiger partial charge in [-0.2, -0.15) is 0 Å². The van der Waals surface area contributed by atoms with E-state index in [4.69, 9.17) is 4.74 Å². The Bertz CT molecular complexity index is 1080. The van der Waals surface area contributed by atoms with Crippen LogP contribution >= 0.6 is 0 Å². The van der Waals surface area contributed by atoms with Crippen molar-refractivity contribution in [3.05, 3.63) is 83.9 Å². The molecule has 0 saturated carbocycles. The highest BCUT2D eigenvalue weighted by Gasteiger charge is 2.07. The molecule has 0 fully saturated rings. The fraction of sp³-hybridized carbons (Fsp3) is 0.310. The van der Waals surface area contributed by atoms with Crippen molar-refractivity contribution in [1.82, 2.24) is 0 Å². The van der Waals surface area contributed by atoms with Crippen molar-refractivity contribution in [3.8, 4) is 5.75 Å². The first-order chi connectivity index (χ1) is 17.0. The Morgan fingerprint density at radius 2 is 1.43 bits per heavy atom. The van der Waals surface area contributed by atoms with Crippen LogP contribution in [0.3, 0.4) is 0 Å². The second-order valence-electron chi connectivity index (χ2n) is 8.59. The molecule has 6 nitrogen and oxygen atoms in total. The van der Waals surface area contributed by atoms with E-state index < -0.39 is 0 Å². The second kappa shape index (κ2) is 13.8. The molecule has 0 unspecified atom stereocenters. The zero-order valence-electron chi connectivity index (χ0n) is 20.6. The summed E-state index contributed by atoms with van der Waals surface area (Å²) in [7, 11) is 0. The van der Waals surface area contributed by atoms with E-state index in [1.54, 1.807) is 30.3 Å². The van der Waals surface area contributed by atoms with Crippen molar-refractivity contribution in [3.63, 3.8) is 0 Å². The van der Waals surface area contributed by atoms with Crippen molar-refractivity contribution in [2.45, 2.75) is 46.0 Å². The predicted molar refractivity (Wildman–Crippen MR) is 143 cm³/mol. The van der Waals surface area contributed by atoms with Crippen molar-refractivity contribution < 1.29 is 14.3 Å². The van der Waals surface area contributed by atoms with Crippen LogP contribution in [0.1, 0.15) is 54.9 Å². The Morgan fingerprint density at radius 1 is 0.771 bits per heavy atom. The van der Waals surface area contributed by atoms with E-state index in [9.17, 15) is 9.59 Å². The summed E-state index contributed by atoms with van der Waals surface area (Å²) in [6.45, 7) is 5.03. The minimum atomic E-state index is -0.168. The van der Waals surface area contributed by atoms with Crippen LogP contribution in [0.4, 0.5) is 17.1 Å². The molecular weight excluding hydrogens is 438 g/mol. The molecule has 0 radical (unpaired) electrons. The fourth-order valence-electron chi connectivity index (χ4n) is 3.58. The molecule has 35 heavy (non-hydrogen) atoms. The Balaban J connectivity index is 1.38. The molecule has 3 aromatic carbocycles. The van der Waals surface area contributed by atoms with Crippen LogP contribution in [0.5, 0.6) is 5.75 Å². The highest BCUT2D eigenvalue weighted by molar-refractivity contribution is 6.04. The van der Waals surface area contributed by atoms with Crippen LogP contribution in [0.2, 0.25) is 0 Å². The van der Waals surface area contributed by atoms with Gasteiger partial charge in [0.25, 0.3) is 5.91 Å². The molecular formula is C29H35N3O3. The number of nitrogens with one attached hydrogen (secondary N) is 3. The van der Waals surface area contributed by atoms with Crippen LogP contribution in [0.15, 0.2) is 72.8 Å². The number of carbonyl (C=O) groups excluding carboxylic acids is 2. The number of anilines is 3. The molecule has 0 bridgehead atoms. The van der Waals surface area contributed by atoms with E-state index in [1.165, 1.54) is 25.7 Å². The van der Waals surface area contributed by atoms with Gasteiger partial charge in [-0.05, 0) is 74.0 Å². The number of aryl methyl sites for hydroxylation is 1. The van der Waals surface area contributed by atoms with Gasteiger partial charge in [0, 0.05) is 22.6 Å². The Hall–Kier alpha value is -3.80. The highest BCUT2D eigenvalue weighted by Crippen LogP contribution is 2.17. The summed E-state index contributed by atoms with van der Waals surface area (Å²) in [6, 6.07) is 22.1. The minimum Gasteiger partial charge on any atom is -0.494 e. The quantitative estimate of drug-likeness (QED) is 0.243. The summed E-state index contributed by atoms with van der Waals surface area (Å²) in [5.41, 5.74) is 3.81. The van der Waals surface area contributed by atoms with E-state index in [1.807, 2.05) is 49.4 Å². The smallest absolute Gasteiger partial charge is 0.255 e. The third-order valence-corrected chi connectivity index (χ3v) is 5.53. The van der Waals surface area contributed by atoms with Crippen LogP contribution in [-0.2, 0) is 4.79 Å². The van der Waals surface area contributed by atoms with E-state index in [-0.39, 0.29) is 18.4 Å². The zero-order valence-corrected chi connectivity index (χ0v) is 20.6. The van der Waals surface area contributed by atoms with Gasteiger partial charge in [-0.1, -0.05) is 50.3 Å². The third kappa shape index (κ3) is 9.16. The molecule has 3 aromatic rings. The maximum absolute atomic E-state index is 12.4. The van der Waals surface area contributed by atoms with Crippen molar-refractivity contribution in [1.29, 1.82) is 0 Å². The number of benzene rings is 3. The number of carbonyl (C=O) groups is 2. The molecule has 0 spiro atoms. The van der Waals surface area contributed by atoms with Gasteiger partial charge >= 0.3 is 0 Å². The second-order valence-corrected chi connectivity index (χ2v) is 8.59. The fourth-order valence-corrected chi connectivity index (χ4v) is 3.58. The van der Waals surface area contributed by atoms with Gasteiger partial charge in [0.05, 0.1) is 13.2 Å². The maximum Gasteiger partial charge on any atom is 0.255 e. The first-order valence-corrected chi connectivity index (χ1v) is 12.3. The van der Waals surface area contributed by atoms with Crippen LogP contribution in [-0.4, -0.2) is 25.0 Å². The lowest BCUT2D eigenvalue weighted by Gasteiger charge is -2.10. The lowest BCUT2D eigenvalue weighted by molar-refractivity contribution is -0.114. The van der Waals surface area contributed by atoms with Gasteiger partial charge in [0.2, 0.25) is 5.91 Å². The zero-order chi connectivity index (χ0) is 24.9. The average Bonchev–Trinajstić information content (AvgIpc) is 2.87. The van der Waals surface area contributed by atoms with Crippen LogP contribution in [0.25, 0.3) is 0 Å². The Kier molecular flexibility index (Phi) is 10.2. The number of hydrogen-bond donors (Lipinski definition) is 3. The molecule has 0 heterocycles. The summed E-state index contributed by atoms with van der Waals surface area (Å²) < 4.78 is 5.78. The van der Waals surface area contributed by atoms with Gasteiger partial charge in [-0.3, -0.25) is 9.59 Å². The van der Waals surface area contributed by atoms with E-state index in [0.717, 1.165) is 30.0 Å². The predicted octanol–water partition coefficient (Wildman–Crippen LogP) is 6.65. The topological polar surface area (TPSA) is 79.5 Å². The van der Waals surface area contributed by atoms with Crippen LogP contribution < -0.4 is 20.7 Å². The Labute approximate surface area is 208 Å². The van der Waals surface area contributed by atoms with E-state index in [2.05, 4.69) is 22.9 Å². The normalized spacial score (nSPS) is 10.5.